The molecular formula is C14H20N2O3S. The number of benzene rings is 1. The summed E-state index contributed by atoms with van der Waals surface area (Å²) in [5.74, 6) is 0.902. The van der Waals surface area contributed by atoms with Gasteiger partial charge in [-0.25, -0.2) is 0 Å². The fraction of sp³-hybridized carbons (Fsp3) is 0.500. The van der Waals surface area contributed by atoms with Gasteiger partial charge in [0, 0.05) is 11.3 Å². The summed E-state index contributed by atoms with van der Waals surface area (Å²) in [7, 11) is 1.53. The second kappa shape index (κ2) is 7.40. The van der Waals surface area contributed by atoms with Gasteiger partial charge in [0.2, 0.25) is 5.91 Å². The van der Waals surface area contributed by atoms with E-state index in [1.807, 2.05) is 0 Å². The summed E-state index contributed by atoms with van der Waals surface area (Å²) in [6.45, 7) is 2.05. The van der Waals surface area contributed by atoms with Crippen LogP contribution in [-0.4, -0.2) is 42.2 Å². The van der Waals surface area contributed by atoms with Crippen molar-refractivity contribution in [2.24, 2.45) is 0 Å². The maximum Gasteiger partial charge on any atom is 0.234 e. The molecule has 1 aromatic rings. The highest BCUT2D eigenvalue weighted by molar-refractivity contribution is 8.00. The van der Waals surface area contributed by atoms with Crippen molar-refractivity contribution in [3.8, 4) is 11.5 Å². The molecule has 0 saturated carbocycles. The van der Waals surface area contributed by atoms with Crippen molar-refractivity contribution in [3.63, 3.8) is 0 Å². The van der Waals surface area contributed by atoms with Gasteiger partial charge < -0.3 is 20.5 Å². The third-order valence-electron chi connectivity index (χ3n) is 3.22. The molecule has 5 nitrogen and oxygen atoms in total. The maximum atomic E-state index is 11.9. The van der Waals surface area contributed by atoms with Crippen molar-refractivity contribution in [1.29, 1.82) is 0 Å². The number of amides is 1. The molecule has 1 heterocycles. The molecule has 0 atom stereocenters. The van der Waals surface area contributed by atoms with Crippen LogP contribution in [0.25, 0.3) is 0 Å². The number of phenols is 1. The lowest BCUT2D eigenvalue weighted by Crippen LogP contribution is -2.30. The molecule has 1 saturated heterocycles. The Morgan fingerprint density at radius 3 is 2.90 bits per heavy atom. The van der Waals surface area contributed by atoms with E-state index in [4.69, 9.17) is 4.74 Å². The minimum atomic E-state index is -0.0889. The summed E-state index contributed by atoms with van der Waals surface area (Å²) in [5.41, 5.74) is 0.418. The standard InChI is InChI=1S/C14H20N2O3S/c1-19-10-2-3-12(13(17)8-10)16-14(18)9-20-11-4-6-15-7-5-11/h2-3,8,11,15,17H,4-7,9H2,1H3,(H,16,18). The first-order valence-corrected chi connectivity index (χ1v) is 7.73. The van der Waals surface area contributed by atoms with Crippen molar-refractivity contribution >= 4 is 23.4 Å². The molecule has 6 heteroatoms. The van der Waals surface area contributed by atoms with Crippen LogP contribution in [0.5, 0.6) is 11.5 Å². The minimum Gasteiger partial charge on any atom is -0.506 e. The second-order valence-corrected chi connectivity index (χ2v) is 5.98. The third kappa shape index (κ3) is 4.31. The Balaban J connectivity index is 1.81. The van der Waals surface area contributed by atoms with Crippen LogP contribution >= 0.6 is 11.8 Å². The zero-order chi connectivity index (χ0) is 14.4. The number of anilines is 1. The molecule has 1 aromatic carbocycles. The maximum absolute atomic E-state index is 11.9. The first kappa shape index (κ1) is 15.0. The topological polar surface area (TPSA) is 70.6 Å². The molecule has 110 valence electrons. The van der Waals surface area contributed by atoms with Gasteiger partial charge in [-0.1, -0.05) is 0 Å². The van der Waals surface area contributed by atoms with Gasteiger partial charge in [0.25, 0.3) is 0 Å². The summed E-state index contributed by atoms with van der Waals surface area (Å²) in [6, 6.07) is 4.83. The number of carbonyl (C=O) groups excluding carboxylic acids is 1. The zero-order valence-electron chi connectivity index (χ0n) is 11.5. The zero-order valence-corrected chi connectivity index (χ0v) is 12.3. The van der Waals surface area contributed by atoms with Gasteiger partial charge in [-0.15, -0.1) is 11.8 Å². The molecule has 20 heavy (non-hydrogen) atoms. The number of thioether (sulfide) groups is 1. The highest BCUT2D eigenvalue weighted by Gasteiger charge is 2.15. The average Bonchev–Trinajstić information content (AvgIpc) is 2.48. The molecule has 2 rings (SSSR count). The fourth-order valence-electron chi connectivity index (χ4n) is 2.09. The number of rotatable bonds is 5. The highest BCUT2D eigenvalue weighted by Crippen LogP contribution is 2.28. The van der Waals surface area contributed by atoms with E-state index in [-0.39, 0.29) is 11.7 Å². The number of hydrogen-bond donors (Lipinski definition) is 3. The molecule has 1 aliphatic heterocycles. The Bertz CT molecular complexity index is 462. The van der Waals surface area contributed by atoms with Crippen LogP contribution in [0.2, 0.25) is 0 Å². The Hall–Kier alpha value is -1.40. The molecule has 0 spiro atoms. The van der Waals surface area contributed by atoms with Crippen molar-refractivity contribution in [2.45, 2.75) is 18.1 Å². The van der Waals surface area contributed by atoms with Crippen LogP contribution in [0.4, 0.5) is 5.69 Å². The van der Waals surface area contributed by atoms with Gasteiger partial charge in [0.1, 0.15) is 11.5 Å². The van der Waals surface area contributed by atoms with Crippen molar-refractivity contribution in [3.05, 3.63) is 18.2 Å². The smallest absolute Gasteiger partial charge is 0.234 e. The van der Waals surface area contributed by atoms with Crippen molar-refractivity contribution < 1.29 is 14.6 Å². The molecule has 1 aliphatic rings. The van der Waals surface area contributed by atoms with Gasteiger partial charge in [-0.2, -0.15) is 0 Å². The van der Waals surface area contributed by atoms with Gasteiger partial charge in [0.15, 0.2) is 0 Å². The van der Waals surface area contributed by atoms with Crippen molar-refractivity contribution in [2.75, 3.05) is 31.3 Å². The summed E-state index contributed by atoms with van der Waals surface area (Å²) >= 11 is 1.68. The van der Waals surface area contributed by atoms with Gasteiger partial charge in [-0.3, -0.25) is 4.79 Å². The average molecular weight is 296 g/mol. The van der Waals surface area contributed by atoms with E-state index in [9.17, 15) is 9.90 Å². The summed E-state index contributed by atoms with van der Waals surface area (Å²) in [6.07, 6.45) is 2.21. The second-order valence-electron chi connectivity index (χ2n) is 4.69. The normalized spacial score (nSPS) is 15.8. The molecule has 0 aromatic heterocycles. The lowest BCUT2D eigenvalue weighted by Gasteiger charge is -2.21. The quantitative estimate of drug-likeness (QED) is 0.723. The van der Waals surface area contributed by atoms with E-state index in [0.717, 1.165) is 25.9 Å². The van der Waals surface area contributed by atoms with Crippen LogP contribution in [0, 0.1) is 0 Å². The van der Waals surface area contributed by atoms with E-state index in [2.05, 4.69) is 10.6 Å². The Morgan fingerprint density at radius 2 is 2.25 bits per heavy atom. The van der Waals surface area contributed by atoms with E-state index >= 15 is 0 Å². The molecule has 3 N–H and O–H groups in total. The van der Waals surface area contributed by atoms with E-state index in [0.29, 0.717) is 22.4 Å². The predicted molar refractivity (Wildman–Crippen MR) is 81.6 cm³/mol. The number of hydrogen-bond acceptors (Lipinski definition) is 5. The number of nitrogens with one attached hydrogen (secondary N) is 2. The Kier molecular flexibility index (Phi) is 5.55. The number of aromatic hydroxyl groups is 1. The van der Waals surface area contributed by atoms with E-state index in [1.165, 1.54) is 13.2 Å². The number of methoxy groups -OCH3 is 1. The molecule has 0 bridgehead atoms. The summed E-state index contributed by atoms with van der Waals surface area (Å²) in [5, 5.41) is 16.3. The SMILES string of the molecule is COc1ccc(NC(=O)CSC2CCNCC2)c(O)c1. The van der Waals surface area contributed by atoms with Crippen LogP contribution < -0.4 is 15.4 Å². The van der Waals surface area contributed by atoms with Crippen LogP contribution in [0.3, 0.4) is 0 Å². The van der Waals surface area contributed by atoms with Crippen LogP contribution in [-0.2, 0) is 4.79 Å². The molecular weight excluding hydrogens is 276 g/mol. The number of carbonyl (C=O) groups is 1. The summed E-state index contributed by atoms with van der Waals surface area (Å²) < 4.78 is 5.00. The van der Waals surface area contributed by atoms with E-state index in [1.54, 1.807) is 23.9 Å². The van der Waals surface area contributed by atoms with Crippen LogP contribution in [0.15, 0.2) is 18.2 Å². The first-order valence-electron chi connectivity index (χ1n) is 6.68. The molecule has 1 amide bonds. The van der Waals surface area contributed by atoms with E-state index < -0.39 is 0 Å². The van der Waals surface area contributed by atoms with Gasteiger partial charge >= 0.3 is 0 Å². The summed E-state index contributed by atoms with van der Waals surface area (Å²) in [4.78, 5) is 11.9. The highest BCUT2D eigenvalue weighted by atomic mass is 32.2. The van der Waals surface area contributed by atoms with Gasteiger partial charge in [0.05, 0.1) is 18.6 Å². The number of ether oxygens (including phenoxy) is 1. The Morgan fingerprint density at radius 1 is 1.50 bits per heavy atom. The molecule has 0 aliphatic carbocycles. The van der Waals surface area contributed by atoms with Gasteiger partial charge in [-0.05, 0) is 38.1 Å². The minimum absolute atomic E-state index is 0.0181. The molecule has 0 unspecified atom stereocenters. The largest absolute Gasteiger partial charge is 0.506 e. The van der Waals surface area contributed by atoms with Crippen LogP contribution in [0.1, 0.15) is 12.8 Å². The molecule has 0 radical (unpaired) electrons. The third-order valence-corrected chi connectivity index (χ3v) is 4.59. The number of piperidine rings is 1. The fourth-order valence-corrected chi connectivity index (χ4v) is 3.11. The van der Waals surface area contributed by atoms with Crippen molar-refractivity contribution in [1.82, 2.24) is 5.32 Å². The lowest BCUT2D eigenvalue weighted by molar-refractivity contribution is -0.113. The first-order chi connectivity index (χ1) is 9.69. The number of phenolic OH excluding ortho intramolecular Hbond substituents is 1. The lowest BCUT2D eigenvalue weighted by atomic mass is 10.2. The Labute approximate surface area is 123 Å². The predicted octanol–water partition coefficient (Wildman–Crippen LogP) is 1.82. The molecule has 1 fully saturated rings. The monoisotopic (exact) mass is 296 g/mol.